The van der Waals surface area contributed by atoms with Crippen molar-refractivity contribution in [3.63, 3.8) is 0 Å². The van der Waals surface area contributed by atoms with Crippen LogP contribution in [-0.4, -0.2) is 33.4 Å². The Balaban J connectivity index is 0.00000147. The van der Waals surface area contributed by atoms with E-state index in [0.717, 1.165) is 37.9 Å². The van der Waals surface area contributed by atoms with Gasteiger partial charge in [0.05, 0.1) is 12.2 Å². The number of rotatable bonds is 2. The molecule has 2 aliphatic rings. The van der Waals surface area contributed by atoms with Gasteiger partial charge in [-0.25, -0.2) is 9.97 Å². The topological polar surface area (TPSA) is 72.1 Å². The lowest BCUT2D eigenvalue weighted by molar-refractivity contribution is -0.133. The number of halogens is 1. The number of aromatic nitrogens is 2. The highest BCUT2D eigenvalue weighted by Crippen LogP contribution is 2.28. The molecule has 2 atom stereocenters. The smallest absolute Gasteiger partial charge is 0.223 e. The molecule has 2 N–H and O–H groups in total. The number of hydrogen-bond acceptors (Lipinski definition) is 4. The Hall–Kier alpha value is -1.20. The number of amides is 1. The Kier molecular flexibility index (Phi) is 4.94. The molecule has 0 bridgehead atoms. The number of nitrogens with two attached hydrogens (primary N) is 1. The van der Waals surface area contributed by atoms with E-state index in [2.05, 4.69) is 9.97 Å². The molecule has 1 aliphatic carbocycles. The van der Waals surface area contributed by atoms with Crippen LogP contribution in [0.1, 0.15) is 36.9 Å². The fraction of sp³-hybridized carbons (Fsp3) is 0.643. The van der Waals surface area contributed by atoms with Crippen molar-refractivity contribution in [1.29, 1.82) is 0 Å². The van der Waals surface area contributed by atoms with Gasteiger partial charge in [0.1, 0.15) is 6.33 Å². The van der Waals surface area contributed by atoms with Crippen LogP contribution in [0.15, 0.2) is 12.5 Å². The summed E-state index contributed by atoms with van der Waals surface area (Å²) in [6, 6.07) is 0.211. The van der Waals surface area contributed by atoms with E-state index < -0.39 is 0 Å². The quantitative estimate of drug-likeness (QED) is 0.893. The van der Waals surface area contributed by atoms with Gasteiger partial charge in [0.15, 0.2) is 0 Å². The number of hydrogen-bond donors (Lipinski definition) is 1. The van der Waals surface area contributed by atoms with E-state index in [1.54, 1.807) is 6.33 Å². The Morgan fingerprint density at radius 2 is 2.30 bits per heavy atom. The fourth-order valence-electron chi connectivity index (χ4n) is 3.14. The Bertz CT molecular complexity index is 482. The lowest BCUT2D eigenvalue weighted by Gasteiger charge is -2.29. The number of carbonyl (C=O) groups is 1. The van der Waals surface area contributed by atoms with Crippen molar-refractivity contribution >= 4 is 18.3 Å². The van der Waals surface area contributed by atoms with Crippen LogP contribution in [0.3, 0.4) is 0 Å². The third-order valence-electron chi connectivity index (χ3n) is 4.38. The summed E-state index contributed by atoms with van der Waals surface area (Å²) in [6.07, 6.45) is 8.19. The summed E-state index contributed by atoms with van der Waals surface area (Å²) in [6.45, 7) is 1.40. The average Bonchev–Trinajstić information content (AvgIpc) is 2.84. The maximum absolute atomic E-state index is 12.3. The predicted molar refractivity (Wildman–Crippen MR) is 78.3 cm³/mol. The number of fused-ring (bicyclic) bond motifs is 1. The minimum atomic E-state index is 0. The van der Waals surface area contributed by atoms with E-state index in [4.69, 9.17) is 5.73 Å². The van der Waals surface area contributed by atoms with E-state index in [1.165, 1.54) is 5.56 Å². The van der Waals surface area contributed by atoms with Gasteiger partial charge in [-0.05, 0) is 30.7 Å². The zero-order valence-electron chi connectivity index (χ0n) is 11.5. The van der Waals surface area contributed by atoms with Crippen LogP contribution in [-0.2, 0) is 17.8 Å². The van der Waals surface area contributed by atoms with Crippen LogP contribution in [0, 0.1) is 5.92 Å². The first-order valence-corrected chi connectivity index (χ1v) is 7.05. The second-order valence-electron chi connectivity index (χ2n) is 5.62. The maximum Gasteiger partial charge on any atom is 0.223 e. The van der Waals surface area contributed by atoms with E-state index >= 15 is 0 Å². The van der Waals surface area contributed by atoms with Crippen molar-refractivity contribution in [2.24, 2.45) is 11.7 Å². The van der Waals surface area contributed by atoms with Crippen LogP contribution < -0.4 is 5.73 Å². The third kappa shape index (κ3) is 3.10. The molecule has 5 nitrogen and oxygen atoms in total. The first kappa shape index (κ1) is 15.2. The monoisotopic (exact) mass is 296 g/mol. The zero-order chi connectivity index (χ0) is 13.2. The second-order valence-corrected chi connectivity index (χ2v) is 5.62. The molecule has 3 rings (SSSR count). The van der Waals surface area contributed by atoms with Gasteiger partial charge in [-0.1, -0.05) is 6.42 Å². The summed E-state index contributed by atoms with van der Waals surface area (Å²) in [7, 11) is 0. The van der Waals surface area contributed by atoms with Gasteiger partial charge < -0.3 is 10.6 Å². The van der Waals surface area contributed by atoms with E-state index in [0.29, 0.717) is 18.9 Å². The van der Waals surface area contributed by atoms with Crippen molar-refractivity contribution in [1.82, 2.24) is 14.9 Å². The van der Waals surface area contributed by atoms with Crippen LogP contribution in [0.25, 0.3) is 0 Å². The van der Waals surface area contributed by atoms with Crippen LogP contribution >= 0.6 is 12.4 Å². The standard InChI is InChI=1S/C14H20N4O.ClH/c15-12-3-1-2-10(12)6-14(19)18-5-4-11-7-16-9-17-13(11)8-18;/h7,9-10,12H,1-6,8,15H2;1H/t10-,12+;/m0./s1. The van der Waals surface area contributed by atoms with E-state index in [1.807, 2.05) is 11.1 Å². The van der Waals surface area contributed by atoms with Gasteiger partial charge in [0.2, 0.25) is 5.91 Å². The Morgan fingerprint density at radius 3 is 3.05 bits per heavy atom. The molecule has 0 radical (unpaired) electrons. The summed E-state index contributed by atoms with van der Waals surface area (Å²) < 4.78 is 0. The van der Waals surface area contributed by atoms with Gasteiger partial charge in [-0.15, -0.1) is 12.4 Å². The third-order valence-corrected chi connectivity index (χ3v) is 4.38. The average molecular weight is 297 g/mol. The van der Waals surface area contributed by atoms with Gasteiger partial charge in [0, 0.05) is 25.2 Å². The number of carbonyl (C=O) groups excluding carboxylic acids is 1. The van der Waals surface area contributed by atoms with Gasteiger partial charge in [-0.2, -0.15) is 0 Å². The van der Waals surface area contributed by atoms with E-state index in [-0.39, 0.29) is 24.4 Å². The largest absolute Gasteiger partial charge is 0.336 e. The lowest BCUT2D eigenvalue weighted by Crippen LogP contribution is -2.39. The molecule has 1 aliphatic heterocycles. The molecule has 1 aromatic rings. The van der Waals surface area contributed by atoms with Crippen molar-refractivity contribution in [3.05, 3.63) is 23.8 Å². The normalized spacial score (nSPS) is 24.9. The SMILES string of the molecule is Cl.N[C@@H]1CCC[C@H]1CC(=O)N1CCc2cncnc2C1. The summed E-state index contributed by atoms with van der Waals surface area (Å²) in [5, 5.41) is 0. The molecule has 20 heavy (non-hydrogen) atoms. The first-order chi connectivity index (χ1) is 9.24. The van der Waals surface area contributed by atoms with Crippen molar-refractivity contribution in [2.45, 2.75) is 44.7 Å². The van der Waals surface area contributed by atoms with Crippen LogP contribution in [0.4, 0.5) is 0 Å². The molecule has 2 heterocycles. The summed E-state index contributed by atoms with van der Waals surface area (Å²) in [4.78, 5) is 22.6. The molecular weight excluding hydrogens is 276 g/mol. The van der Waals surface area contributed by atoms with Gasteiger partial charge in [0.25, 0.3) is 0 Å². The molecule has 1 saturated carbocycles. The highest BCUT2D eigenvalue weighted by atomic mass is 35.5. The molecule has 110 valence electrons. The minimum absolute atomic E-state index is 0. The fourth-order valence-corrected chi connectivity index (χ4v) is 3.14. The summed E-state index contributed by atoms with van der Waals surface area (Å²) in [5.41, 5.74) is 8.20. The molecule has 1 amide bonds. The van der Waals surface area contributed by atoms with Gasteiger partial charge >= 0.3 is 0 Å². The summed E-state index contributed by atoms with van der Waals surface area (Å²) >= 11 is 0. The minimum Gasteiger partial charge on any atom is -0.336 e. The molecule has 0 unspecified atom stereocenters. The highest BCUT2D eigenvalue weighted by Gasteiger charge is 2.29. The molecular formula is C14H21ClN4O. The van der Waals surface area contributed by atoms with Crippen molar-refractivity contribution in [3.8, 4) is 0 Å². The van der Waals surface area contributed by atoms with Crippen LogP contribution in [0.5, 0.6) is 0 Å². The molecule has 1 aromatic heterocycles. The molecule has 6 heteroatoms. The van der Waals surface area contributed by atoms with Crippen LogP contribution in [0.2, 0.25) is 0 Å². The zero-order valence-corrected chi connectivity index (χ0v) is 12.3. The van der Waals surface area contributed by atoms with Crippen molar-refractivity contribution in [2.75, 3.05) is 6.54 Å². The Morgan fingerprint density at radius 1 is 1.45 bits per heavy atom. The molecule has 0 saturated heterocycles. The lowest BCUT2D eigenvalue weighted by atomic mass is 9.98. The van der Waals surface area contributed by atoms with E-state index in [9.17, 15) is 4.79 Å². The highest BCUT2D eigenvalue weighted by molar-refractivity contribution is 5.85. The number of nitrogens with zero attached hydrogens (tertiary/aromatic N) is 3. The maximum atomic E-state index is 12.3. The molecule has 0 aromatic carbocycles. The summed E-state index contributed by atoms with van der Waals surface area (Å²) in [5.74, 6) is 0.603. The molecule has 0 spiro atoms. The first-order valence-electron chi connectivity index (χ1n) is 7.05. The van der Waals surface area contributed by atoms with Crippen molar-refractivity contribution < 1.29 is 4.79 Å². The van der Waals surface area contributed by atoms with Gasteiger partial charge in [-0.3, -0.25) is 4.79 Å². The second kappa shape index (κ2) is 6.50. The Labute approximate surface area is 125 Å². The molecule has 1 fully saturated rings. The predicted octanol–water partition coefficient (Wildman–Crippen LogP) is 1.30.